The van der Waals surface area contributed by atoms with Gasteiger partial charge in [-0.1, -0.05) is 11.8 Å². The summed E-state index contributed by atoms with van der Waals surface area (Å²) in [5, 5.41) is 4.63. The molecule has 0 radical (unpaired) electrons. The fourth-order valence-electron chi connectivity index (χ4n) is 2.92. The smallest absolute Gasteiger partial charge is 0.250 e. The summed E-state index contributed by atoms with van der Waals surface area (Å²) in [6.45, 7) is 6.97. The lowest BCUT2D eigenvalue weighted by Crippen LogP contribution is -2.36. The second kappa shape index (κ2) is 10.2. The maximum Gasteiger partial charge on any atom is 0.250 e. The molecule has 1 aliphatic heterocycles. The van der Waals surface area contributed by atoms with Gasteiger partial charge in [0.25, 0.3) is 5.91 Å². The number of benzene rings is 1. The lowest BCUT2D eigenvalue weighted by Gasteiger charge is -2.29. The van der Waals surface area contributed by atoms with Crippen LogP contribution in [0.5, 0.6) is 5.75 Å². The molecule has 1 N–H and O–H groups in total. The molecule has 1 fully saturated rings. The van der Waals surface area contributed by atoms with Crippen LogP contribution in [0, 0.1) is 13.8 Å². The van der Waals surface area contributed by atoms with E-state index in [1.54, 1.807) is 13.3 Å². The number of carbonyl (C=O) groups is 1. The number of hydrogen-bond acceptors (Lipinski definition) is 8. The van der Waals surface area contributed by atoms with Crippen LogP contribution < -0.4 is 15.1 Å². The van der Waals surface area contributed by atoms with Gasteiger partial charge in [-0.2, -0.15) is 5.10 Å². The van der Waals surface area contributed by atoms with Crippen molar-refractivity contribution in [2.75, 3.05) is 44.1 Å². The molecular formula is C20H25N5O3S. The Balaban J connectivity index is 1.55. The van der Waals surface area contributed by atoms with Gasteiger partial charge in [0.2, 0.25) is 0 Å². The van der Waals surface area contributed by atoms with E-state index in [0.717, 1.165) is 48.9 Å². The maximum atomic E-state index is 12.0. The van der Waals surface area contributed by atoms with Crippen LogP contribution in [0.15, 0.2) is 34.5 Å². The number of methoxy groups -OCH3 is 1. The first-order valence-electron chi connectivity index (χ1n) is 9.33. The van der Waals surface area contributed by atoms with Crippen LogP contribution in [0.4, 0.5) is 5.69 Å². The van der Waals surface area contributed by atoms with E-state index in [4.69, 9.17) is 9.47 Å². The highest BCUT2D eigenvalue weighted by Crippen LogP contribution is 2.25. The number of ether oxygens (including phenoxy) is 2. The molecule has 2 heterocycles. The highest BCUT2D eigenvalue weighted by molar-refractivity contribution is 7.99. The summed E-state index contributed by atoms with van der Waals surface area (Å²) in [6, 6.07) is 7.82. The Kier molecular flexibility index (Phi) is 7.42. The molecule has 1 aromatic heterocycles. The second-order valence-electron chi connectivity index (χ2n) is 6.54. The average Bonchev–Trinajstić information content (AvgIpc) is 2.72. The zero-order chi connectivity index (χ0) is 20.6. The molecule has 0 spiro atoms. The van der Waals surface area contributed by atoms with Gasteiger partial charge in [0.1, 0.15) is 5.75 Å². The first kappa shape index (κ1) is 21.1. The number of nitrogens with zero attached hydrogens (tertiary/aromatic N) is 4. The third-order valence-electron chi connectivity index (χ3n) is 4.28. The van der Waals surface area contributed by atoms with Crippen molar-refractivity contribution >= 4 is 29.6 Å². The zero-order valence-electron chi connectivity index (χ0n) is 16.8. The molecule has 8 nitrogen and oxygen atoms in total. The Morgan fingerprint density at radius 2 is 2.00 bits per heavy atom. The predicted molar refractivity (Wildman–Crippen MR) is 114 cm³/mol. The molecule has 0 bridgehead atoms. The number of morpholine rings is 1. The molecule has 0 saturated carbocycles. The molecular weight excluding hydrogens is 390 g/mol. The normalized spacial score (nSPS) is 14.2. The lowest BCUT2D eigenvalue weighted by atomic mass is 10.1. The summed E-state index contributed by atoms with van der Waals surface area (Å²) < 4.78 is 10.9. The lowest BCUT2D eigenvalue weighted by molar-refractivity contribution is -0.118. The first-order chi connectivity index (χ1) is 14.0. The number of aryl methyl sites for hydroxylation is 2. The second-order valence-corrected chi connectivity index (χ2v) is 7.48. The van der Waals surface area contributed by atoms with Gasteiger partial charge in [0, 0.05) is 41.8 Å². The fourth-order valence-corrected chi connectivity index (χ4v) is 3.66. The number of amides is 1. The molecule has 0 unspecified atom stereocenters. The van der Waals surface area contributed by atoms with E-state index < -0.39 is 0 Å². The van der Waals surface area contributed by atoms with Crippen LogP contribution in [0.1, 0.15) is 17.0 Å². The molecule has 3 rings (SSSR count). The number of carbonyl (C=O) groups excluding carboxylic acids is 1. The van der Waals surface area contributed by atoms with Gasteiger partial charge in [0.15, 0.2) is 5.16 Å². The first-order valence-corrected chi connectivity index (χ1v) is 10.3. The van der Waals surface area contributed by atoms with Crippen molar-refractivity contribution in [3.8, 4) is 5.75 Å². The summed E-state index contributed by atoms with van der Waals surface area (Å²) in [5.74, 6) is 0.663. The fraction of sp³-hybridized carbons (Fsp3) is 0.400. The molecule has 9 heteroatoms. The Morgan fingerprint density at radius 3 is 2.69 bits per heavy atom. The summed E-state index contributed by atoms with van der Waals surface area (Å²) in [4.78, 5) is 22.9. The van der Waals surface area contributed by atoms with E-state index >= 15 is 0 Å². The quantitative estimate of drug-likeness (QED) is 0.321. The standard InChI is InChI=1S/C20H25N5O3S/c1-14-10-15(2)23-20(22-14)29-13-19(26)24-21-12-16-4-5-17(11-18(16)27-3)25-6-8-28-9-7-25/h4-5,10-12H,6-9,13H2,1-3H3,(H,24,26)/b21-12-. The third-order valence-corrected chi connectivity index (χ3v) is 5.13. The molecule has 0 aliphatic carbocycles. The van der Waals surface area contributed by atoms with Gasteiger partial charge < -0.3 is 14.4 Å². The molecule has 1 amide bonds. The van der Waals surface area contributed by atoms with E-state index in [2.05, 4.69) is 25.4 Å². The molecule has 29 heavy (non-hydrogen) atoms. The molecule has 2 aromatic rings. The third kappa shape index (κ3) is 6.16. The van der Waals surface area contributed by atoms with Crippen LogP contribution in [0.25, 0.3) is 0 Å². The number of aromatic nitrogens is 2. The van der Waals surface area contributed by atoms with Gasteiger partial charge >= 0.3 is 0 Å². The molecule has 1 aromatic carbocycles. The van der Waals surface area contributed by atoms with Crippen LogP contribution in [-0.4, -0.2) is 61.3 Å². The molecule has 1 saturated heterocycles. The minimum atomic E-state index is -0.224. The van der Waals surface area contributed by atoms with E-state index in [1.165, 1.54) is 11.8 Å². The molecule has 1 aliphatic rings. The Bertz CT molecular complexity index is 864. The van der Waals surface area contributed by atoms with E-state index in [0.29, 0.717) is 10.9 Å². The topological polar surface area (TPSA) is 88.9 Å². The van der Waals surface area contributed by atoms with Crippen molar-refractivity contribution in [2.24, 2.45) is 5.10 Å². The van der Waals surface area contributed by atoms with Crippen molar-refractivity contribution in [1.82, 2.24) is 15.4 Å². The van der Waals surface area contributed by atoms with Gasteiger partial charge in [-0.25, -0.2) is 15.4 Å². The van der Waals surface area contributed by atoms with Crippen molar-refractivity contribution in [3.63, 3.8) is 0 Å². The number of anilines is 1. The maximum absolute atomic E-state index is 12.0. The number of hydrogen-bond donors (Lipinski definition) is 1. The minimum Gasteiger partial charge on any atom is -0.496 e. The monoisotopic (exact) mass is 415 g/mol. The number of hydrazone groups is 1. The zero-order valence-corrected chi connectivity index (χ0v) is 17.7. The summed E-state index contributed by atoms with van der Waals surface area (Å²) >= 11 is 1.28. The van der Waals surface area contributed by atoms with E-state index in [1.807, 2.05) is 38.1 Å². The van der Waals surface area contributed by atoms with Crippen molar-refractivity contribution in [1.29, 1.82) is 0 Å². The average molecular weight is 416 g/mol. The highest BCUT2D eigenvalue weighted by Gasteiger charge is 2.13. The van der Waals surface area contributed by atoms with Crippen molar-refractivity contribution < 1.29 is 14.3 Å². The Hall–Kier alpha value is -2.65. The van der Waals surface area contributed by atoms with Crippen LogP contribution in [0.3, 0.4) is 0 Å². The Labute approximate surface area is 174 Å². The van der Waals surface area contributed by atoms with E-state index in [9.17, 15) is 4.79 Å². The largest absolute Gasteiger partial charge is 0.496 e. The van der Waals surface area contributed by atoms with Gasteiger partial charge in [-0.15, -0.1) is 0 Å². The number of rotatable bonds is 7. The highest BCUT2D eigenvalue weighted by atomic mass is 32.2. The number of nitrogens with one attached hydrogen (secondary N) is 1. The number of thioether (sulfide) groups is 1. The van der Waals surface area contributed by atoms with Crippen LogP contribution >= 0.6 is 11.8 Å². The van der Waals surface area contributed by atoms with Crippen molar-refractivity contribution in [2.45, 2.75) is 19.0 Å². The van der Waals surface area contributed by atoms with Crippen LogP contribution in [0.2, 0.25) is 0 Å². The SMILES string of the molecule is COc1cc(N2CCOCC2)ccc1/C=N\NC(=O)CSc1nc(C)cc(C)n1. The minimum absolute atomic E-state index is 0.188. The molecule has 154 valence electrons. The van der Waals surface area contributed by atoms with Gasteiger partial charge in [-0.3, -0.25) is 4.79 Å². The summed E-state index contributed by atoms with van der Waals surface area (Å²) in [7, 11) is 1.62. The van der Waals surface area contributed by atoms with Crippen molar-refractivity contribution in [3.05, 3.63) is 41.2 Å². The van der Waals surface area contributed by atoms with E-state index in [-0.39, 0.29) is 11.7 Å². The Morgan fingerprint density at radius 1 is 1.28 bits per heavy atom. The van der Waals surface area contributed by atoms with Gasteiger partial charge in [0.05, 0.1) is 32.3 Å². The summed E-state index contributed by atoms with van der Waals surface area (Å²) in [5.41, 5.74) is 6.16. The summed E-state index contributed by atoms with van der Waals surface area (Å²) in [6.07, 6.45) is 1.58. The van der Waals surface area contributed by atoms with Gasteiger partial charge in [-0.05, 0) is 32.0 Å². The predicted octanol–water partition coefficient (Wildman–Crippen LogP) is 2.18. The molecule has 0 atom stereocenters. The van der Waals surface area contributed by atoms with Crippen LogP contribution in [-0.2, 0) is 9.53 Å².